The topological polar surface area (TPSA) is 26.1 Å². The van der Waals surface area contributed by atoms with E-state index in [0.717, 1.165) is 13.1 Å². The molecule has 0 aromatic carbocycles. The second-order valence-corrected chi connectivity index (χ2v) is 0.790. The maximum atomic E-state index is 3.67. The Bertz CT molecular complexity index is 12.0. The highest BCUT2D eigenvalue weighted by Gasteiger charge is 1.93. The molecule has 1 aliphatic heterocycles. The summed E-state index contributed by atoms with van der Waals surface area (Å²) in [6.45, 7) is 2.10. The van der Waals surface area contributed by atoms with Gasteiger partial charge < -0.3 is 0 Å². The molecule has 0 aliphatic carbocycles. The highest BCUT2D eigenvalue weighted by atomic mass is 15.4. The van der Waals surface area contributed by atoms with E-state index in [1.165, 1.54) is 0 Å². The first-order valence-corrected chi connectivity index (χ1v) is 1.39. The molecule has 2 nitrogen and oxygen atoms in total. The van der Waals surface area contributed by atoms with Gasteiger partial charge in [-0.1, -0.05) is 0 Å². The minimum absolute atomic E-state index is 1.01. The molecular formula is C2H5N2. The van der Waals surface area contributed by atoms with E-state index in [1.807, 2.05) is 0 Å². The van der Waals surface area contributed by atoms with Gasteiger partial charge >= 0.3 is 0 Å². The van der Waals surface area contributed by atoms with Crippen LogP contribution < -0.4 is 10.9 Å². The highest BCUT2D eigenvalue weighted by molar-refractivity contribution is 4.50. The van der Waals surface area contributed by atoms with Crippen LogP contribution in [-0.2, 0) is 0 Å². The van der Waals surface area contributed by atoms with Crippen molar-refractivity contribution >= 4 is 0 Å². The van der Waals surface area contributed by atoms with Crippen molar-refractivity contribution in [3.05, 3.63) is 0 Å². The minimum Gasteiger partial charge on any atom is -0.239 e. The quantitative estimate of drug-likeness (QED) is 0.383. The van der Waals surface area contributed by atoms with Gasteiger partial charge in [0.25, 0.3) is 0 Å². The molecule has 1 aliphatic rings. The lowest BCUT2D eigenvalue weighted by molar-refractivity contribution is 0.410. The van der Waals surface area contributed by atoms with Crippen LogP contribution in [0.15, 0.2) is 0 Å². The number of nitrogens with one attached hydrogen (secondary N) is 1. The Morgan fingerprint density at radius 1 is 1.75 bits per heavy atom. The Labute approximate surface area is 25.2 Å². The largest absolute Gasteiger partial charge is 0.239 e. The third-order valence-corrected chi connectivity index (χ3v) is 0.447. The first kappa shape index (κ1) is 2.18. The SMILES string of the molecule is C1CN[N]1. The zero-order valence-electron chi connectivity index (χ0n) is 2.36. The highest BCUT2D eigenvalue weighted by Crippen LogP contribution is 1.62. The molecule has 4 heavy (non-hydrogen) atoms. The van der Waals surface area contributed by atoms with Crippen LogP contribution in [0.1, 0.15) is 0 Å². The molecule has 0 atom stereocenters. The van der Waals surface area contributed by atoms with E-state index in [0.29, 0.717) is 0 Å². The predicted octanol–water partition coefficient (Wildman–Crippen LogP) is -0.891. The zero-order valence-corrected chi connectivity index (χ0v) is 2.36. The maximum absolute atomic E-state index is 3.67. The number of rotatable bonds is 0. The van der Waals surface area contributed by atoms with Gasteiger partial charge in [0.1, 0.15) is 0 Å². The van der Waals surface area contributed by atoms with Crippen molar-refractivity contribution in [3.63, 3.8) is 0 Å². The molecular weight excluding hydrogens is 52.0 g/mol. The Balaban J connectivity index is 2.00. The fraction of sp³-hybridized carbons (Fsp3) is 1.00. The summed E-state index contributed by atoms with van der Waals surface area (Å²) in [6.07, 6.45) is 0. The van der Waals surface area contributed by atoms with Gasteiger partial charge in [0.05, 0.1) is 0 Å². The first-order valence-electron chi connectivity index (χ1n) is 1.39. The summed E-state index contributed by atoms with van der Waals surface area (Å²) in [5.74, 6) is 0. The van der Waals surface area contributed by atoms with Crippen molar-refractivity contribution in [1.82, 2.24) is 10.9 Å². The summed E-state index contributed by atoms with van der Waals surface area (Å²) >= 11 is 0. The number of nitrogens with zero attached hydrogens (tertiary/aromatic N) is 1. The van der Waals surface area contributed by atoms with E-state index in [-0.39, 0.29) is 0 Å². The van der Waals surface area contributed by atoms with Crippen molar-refractivity contribution in [2.75, 3.05) is 13.1 Å². The average Bonchev–Trinajstić information content (AvgIpc) is 0.722. The van der Waals surface area contributed by atoms with Crippen LogP contribution in [0.3, 0.4) is 0 Å². The number of hydrogen-bond acceptors (Lipinski definition) is 1. The number of hydrogen-bond donors (Lipinski definition) is 1. The molecule has 0 spiro atoms. The molecule has 1 rings (SSSR count). The van der Waals surface area contributed by atoms with Gasteiger partial charge in [0.2, 0.25) is 0 Å². The predicted molar refractivity (Wildman–Crippen MR) is 15.0 cm³/mol. The minimum atomic E-state index is 1.01. The van der Waals surface area contributed by atoms with Crippen LogP contribution in [0, 0.1) is 0 Å². The fourth-order valence-electron chi connectivity index (χ4n) is 0.112. The lowest BCUT2D eigenvalue weighted by atomic mass is 10.6. The van der Waals surface area contributed by atoms with Gasteiger partial charge in [-0.25, -0.2) is 5.43 Å². The summed E-state index contributed by atoms with van der Waals surface area (Å²) in [5.41, 5.74) is 6.40. The van der Waals surface area contributed by atoms with Gasteiger partial charge in [-0.3, -0.25) is 0 Å². The molecule has 0 unspecified atom stereocenters. The van der Waals surface area contributed by atoms with Gasteiger partial charge in [-0.15, -0.1) is 0 Å². The van der Waals surface area contributed by atoms with Crippen LogP contribution in [-0.4, -0.2) is 13.1 Å². The van der Waals surface area contributed by atoms with Gasteiger partial charge in [-0.2, -0.15) is 5.43 Å². The van der Waals surface area contributed by atoms with Gasteiger partial charge in [-0.05, 0) is 0 Å². The fourth-order valence-corrected chi connectivity index (χ4v) is 0.112. The van der Waals surface area contributed by atoms with Crippen molar-refractivity contribution in [2.24, 2.45) is 0 Å². The molecule has 0 aromatic heterocycles. The molecule has 0 saturated carbocycles. The second kappa shape index (κ2) is 0.701. The van der Waals surface area contributed by atoms with Crippen LogP contribution in [0.5, 0.6) is 0 Å². The third kappa shape index (κ3) is 0.106. The average molecular weight is 57.1 g/mol. The Morgan fingerprint density at radius 3 is 2.00 bits per heavy atom. The van der Waals surface area contributed by atoms with Crippen LogP contribution in [0.2, 0.25) is 0 Å². The molecule has 1 fully saturated rings. The summed E-state index contributed by atoms with van der Waals surface area (Å²) in [5, 5.41) is 0. The summed E-state index contributed by atoms with van der Waals surface area (Å²) in [6, 6.07) is 0. The van der Waals surface area contributed by atoms with Crippen molar-refractivity contribution in [3.8, 4) is 0 Å². The molecule has 0 aromatic rings. The van der Waals surface area contributed by atoms with E-state index in [1.54, 1.807) is 0 Å². The van der Waals surface area contributed by atoms with E-state index in [4.69, 9.17) is 0 Å². The Morgan fingerprint density at radius 2 is 2.00 bits per heavy atom. The monoisotopic (exact) mass is 57.0 g/mol. The maximum Gasteiger partial charge on any atom is 0.0443 e. The Kier molecular flexibility index (Phi) is 0.381. The van der Waals surface area contributed by atoms with E-state index in [2.05, 4.69) is 10.9 Å². The van der Waals surface area contributed by atoms with Crippen LogP contribution in [0.25, 0.3) is 0 Å². The van der Waals surface area contributed by atoms with Crippen molar-refractivity contribution in [2.45, 2.75) is 0 Å². The molecule has 0 amide bonds. The molecule has 1 saturated heterocycles. The molecule has 1 radical (unpaired) electrons. The van der Waals surface area contributed by atoms with Gasteiger partial charge in [0, 0.05) is 13.1 Å². The zero-order chi connectivity index (χ0) is 2.83. The van der Waals surface area contributed by atoms with Crippen molar-refractivity contribution < 1.29 is 0 Å². The van der Waals surface area contributed by atoms with E-state index in [9.17, 15) is 0 Å². The normalized spacial score (nSPS) is 24.0. The van der Waals surface area contributed by atoms with Crippen LogP contribution >= 0.6 is 0 Å². The summed E-state index contributed by atoms with van der Waals surface area (Å²) < 4.78 is 0. The molecule has 1 heterocycles. The molecule has 0 bridgehead atoms. The van der Waals surface area contributed by atoms with E-state index < -0.39 is 0 Å². The van der Waals surface area contributed by atoms with Crippen LogP contribution in [0.4, 0.5) is 0 Å². The second-order valence-electron chi connectivity index (χ2n) is 0.790. The summed E-state index contributed by atoms with van der Waals surface area (Å²) in [7, 11) is 0. The van der Waals surface area contributed by atoms with Crippen molar-refractivity contribution in [1.29, 1.82) is 0 Å². The van der Waals surface area contributed by atoms with E-state index >= 15 is 0 Å². The third-order valence-electron chi connectivity index (χ3n) is 0.447. The molecule has 1 N–H and O–H groups in total. The Hall–Kier alpha value is -0.0800. The smallest absolute Gasteiger partial charge is 0.0443 e. The molecule has 23 valence electrons. The lowest BCUT2D eigenvalue weighted by Gasteiger charge is -2.09. The van der Waals surface area contributed by atoms with Gasteiger partial charge in [0.15, 0.2) is 0 Å². The molecule has 2 heteroatoms. The first-order chi connectivity index (χ1) is 2.00. The summed E-state index contributed by atoms with van der Waals surface area (Å²) in [4.78, 5) is 0. The standard InChI is InChI=1S/C2H5N2/c1-2-4-3-1/h3H,1-2H2. The lowest BCUT2D eigenvalue weighted by Crippen LogP contribution is -2.42.